The Morgan fingerprint density at radius 3 is 2.50 bits per heavy atom. The van der Waals surface area contributed by atoms with Crippen molar-refractivity contribution in [2.75, 3.05) is 13.7 Å². The maximum absolute atomic E-state index is 12.4. The van der Waals surface area contributed by atoms with Gasteiger partial charge < -0.3 is 15.0 Å². The van der Waals surface area contributed by atoms with Gasteiger partial charge in [0.15, 0.2) is 0 Å². The van der Waals surface area contributed by atoms with Crippen molar-refractivity contribution in [3.63, 3.8) is 0 Å². The van der Waals surface area contributed by atoms with Gasteiger partial charge in [-0.3, -0.25) is 9.59 Å². The fourth-order valence-electron chi connectivity index (χ4n) is 3.12. The van der Waals surface area contributed by atoms with Gasteiger partial charge in [-0.15, -0.1) is 0 Å². The van der Waals surface area contributed by atoms with E-state index in [1.54, 1.807) is 7.11 Å². The third-order valence-corrected chi connectivity index (χ3v) is 4.70. The van der Waals surface area contributed by atoms with Crippen molar-refractivity contribution < 1.29 is 14.3 Å². The molecule has 26 heavy (non-hydrogen) atoms. The normalized spacial score (nSPS) is 13.0. The molecule has 3 rings (SSSR count). The molecule has 1 aliphatic heterocycles. The lowest BCUT2D eigenvalue weighted by molar-refractivity contribution is -0.134. The molecule has 1 heterocycles. The van der Waals surface area contributed by atoms with Gasteiger partial charge in [-0.25, -0.2) is 0 Å². The van der Waals surface area contributed by atoms with Crippen LogP contribution in [0.1, 0.15) is 29.5 Å². The number of carbonyl (C=O) groups excluding carboxylic acids is 2. The van der Waals surface area contributed by atoms with Crippen LogP contribution in [0, 0.1) is 0 Å². The Morgan fingerprint density at radius 1 is 1.04 bits per heavy atom. The van der Waals surface area contributed by atoms with Crippen LogP contribution in [0.3, 0.4) is 0 Å². The molecule has 0 radical (unpaired) electrons. The lowest BCUT2D eigenvalue weighted by Gasteiger charge is -2.28. The zero-order valence-electron chi connectivity index (χ0n) is 15.0. The number of hydrogen-bond acceptors (Lipinski definition) is 3. The Labute approximate surface area is 154 Å². The van der Waals surface area contributed by atoms with Crippen molar-refractivity contribution in [1.82, 2.24) is 10.2 Å². The second-order valence-electron chi connectivity index (χ2n) is 6.46. The fourth-order valence-corrected chi connectivity index (χ4v) is 3.12. The SMILES string of the molecule is COc1ccc(CNC(=O)CCC(=O)N2CCc3ccccc3C2)cc1. The molecule has 0 unspecified atom stereocenters. The van der Waals surface area contributed by atoms with Crippen LogP contribution in [-0.4, -0.2) is 30.4 Å². The van der Waals surface area contributed by atoms with Crippen LogP contribution >= 0.6 is 0 Å². The number of hydrogen-bond donors (Lipinski definition) is 1. The summed E-state index contributed by atoms with van der Waals surface area (Å²) in [6.45, 7) is 1.82. The number of benzene rings is 2. The average molecular weight is 352 g/mol. The Bertz CT molecular complexity index is 771. The number of nitrogens with zero attached hydrogens (tertiary/aromatic N) is 1. The number of nitrogens with one attached hydrogen (secondary N) is 1. The molecule has 5 heteroatoms. The smallest absolute Gasteiger partial charge is 0.223 e. The molecule has 2 amide bonds. The Balaban J connectivity index is 1.42. The van der Waals surface area contributed by atoms with E-state index in [2.05, 4.69) is 17.4 Å². The minimum Gasteiger partial charge on any atom is -0.497 e. The van der Waals surface area contributed by atoms with Crippen molar-refractivity contribution in [2.24, 2.45) is 0 Å². The van der Waals surface area contributed by atoms with Crippen LogP contribution < -0.4 is 10.1 Å². The zero-order chi connectivity index (χ0) is 18.4. The van der Waals surface area contributed by atoms with Crippen molar-refractivity contribution in [3.8, 4) is 5.75 Å². The summed E-state index contributed by atoms with van der Waals surface area (Å²) in [7, 11) is 1.62. The van der Waals surface area contributed by atoms with Gasteiger partial charge >= 0.3 is 0 Å². The molecule has 136 valence electrons. The maximum atomic E-state index is 12.4. The highest BCUT2D eigenvalue weighted by Gasteiger charge is 2.20. The number of ether oxygens (including phenoxy) is 1. The Hall–Kier alpha value is -2.82. The standard InChI is InChI=1S/C21H24N2O3/c1-26-19-8-6-16(7-9-19)14-22-20(24)10-11-21(25)23-13-12-17-4-2-3-5-18(17)15-23/h2-9H,10-15H2,1H3,(H,22,24). The molecule has 0 aromatic heterocycles. The molecular weight excluding hydrogens is 328 g/mol. The molecule has 2 aromatic rings. The minimum atomic E-state index is -0.105. The van der Waals surface area contributed by atoms with Crippen LogP contribution in [0.25, 0.3) is 0 Å². The minimum absolute atomic E-state index is 0.0408. The summed E-state index contributed by atoms with van der Waals surface area (Å²) in [4.78, 5) is 26.3. The molecule has 0 spiro atoms. The van der Waals surface area contributed by atoms with Crippen LogP contribution in [0.15, 0.2) is 48.5 Å². The maximum Gasteiger partial charge on any atom is 0.223 e. The average Bonchev–Trinajstić information content (AvgIpc) is 2.70. The van der Waals surface area contributed by atoms with E-state index in [4.69, 9.17) is 4.74 Å². The lowest BCUT2D eigenvalue weighted by Crippen LogP contribution is -2.36. The van der Waals surface area contributed by atoms with Gasteiger partial charge in [-0.1, -0.05) is 36.4 Å². The third-order valence-electron chi connectivity index (χ3n) is 4.70. The van der Waals surface area contributed by atoms with Gasteiger partial charge in [0, 0.05) is 32.5 Å². The number of amides is 2. The Morgan fingerprint density at radius 2 is 1.77 bits per heavy atom. The largest absolute Gasteiger partial charge is 0.497 e. The van der Waals surface area contributed by atoms with Crippen LogP contribution in [0.5, 0.6) is 5.75 Å². The summed E-state index contributed by atoms with van der Waals surface area (Å²) in [6, 6.07) is 15.8. The first-order valence-electron chi connectivity index (χ1n) is 8.90. The molecule has 2 aromatic carbocycles. The molecule has 1 aliphatic rings. The molecule has 0 bridgehead atoms. The fraction of sp³-hybridized carbons (Fsp3) is 0.333. The molecular formula is C21H24N2O3. The summed E-state index contributed by atoms with van der Waals surface area (Å²) >= 11 is 0. The van der Waals surface area contributed by atoms with Crippen molar-refractivity contribution >= 4 is 11.8 Å². The van der Waals surface area contributed by atoms with Crippen LogP contribution in [-0.2, 0) is 29.1 Å². The van der Waals surface area contributed by atoms with E-state index in [9.17, 15) is 9.59 Å². The molecule has 0 saturated carbocycles. The Kier molecular flexibility index (Phi) is 5.89. The number of methoxy groups -OCH3 is 1. The zero-order valence-corrected chi connectivity index (χ0v) is 15.0. The molecule has 0 fully saturated rings. The molecule has 0 atom stereocenters. The van der Waals surface area contributed by atoms with Crippen molar-refractivity contribution in [1.29, 1.82) is 0 Å². The van der Waals surface area contributed by atoms with E-state index < -0.39 is 0 Å². The quantitative estimate of drug-likeness (QED) is 0.870. The lowest BCUT2D eigenvalue weighted by atomic mass is 9.99. The monoisotopic (exact) mass is 352 g/mol. The topological polar surface area (TPSA) is 58.6 Å². The third kappa shape index (κ3) is 4.63. The van der Waals surface area contributed by atoms with Gasteiger partial charge in [-0.2, -0.15) is 0 Å². The molecule has 1 N–H and O–H groups in total. The highest BCUT2D eigenvalue weighted by Crippen LogP contribution is 2.19. The predicted octanol–water partition coefficient (Wildman–Crippen LogP) is 2.68. The van der Waals surface area contributed by atoms with Crippen molar-refractivity contribution in [2.45, 2.75) is 32.4 Å². The van der Waals surface area contributed by atoms with Crippen molar-refractivity contribution in [3.05, 3.63) is 65.2 Å². The number of fused-ring (bicyclic) bond motifs is 1. The summed E-state index contributed by atoms with van der Waals surface area (Å²) < 4.78 is 5.11. The summed E-state index contributed by atoms with van der Waals surface area (Å²) in [5.41, 5.74) is 3.52. The second-order valence-corrected chi connectivity index (χ2v) is 6.46. The molecule has 5 nitrogen and oxygen atoms in total. The van der Waals surface area contributed by atoms with E-state index in [-0.39, 0.29) is 24.7 Å². The summed E-state index contributed by atoms with van der Waals surface area (Å²) in [5.74, 6) is 0.722. The van der Waals surface area contributed by atoms with E-state index in [1.807, 2.05) is 41.3 Å². The summed E-state index contributed by atoms with van der Waals surface area (Å²) in [6.07, 6.45) is 1.34. The van der Waals surface area contributed by atoms with Gasteiger partial charge in [0.05, 0.1) is 7.11 Å². The highest BCUT2D eigenvalue weighted by atomic mass is 16.5. The highest BCUT2D eigenvalue weighted by molar-refractivity contribution is 5.83. The van der Waals surface area contributed by atoms with Crippen LogP contribution in [0.2, 0.25) is 0 Å². The van der Waals surface area contributed by atoms with Gasteiger partial charge in [0.25, 0.3) is 0 Å². The van der Waals surface area contributed by atoms with Gasteiger partial charge in [-0.05, 0) is 35.2 Å². The first-order chi connectivity index (χ1) is 12.7. The summed E-state index contributed by atoms with van der Waals surface area (Å²) in [5, 5.41) is 2.86. The number of carbonyl (C=O) groups is 2. The molecule has 0 aliphatic carbocycles. The van der Waals surface area contributed by atoms with E-state index in [1.165, 1.54) is 11.1 Å². The van der Waals surface area contributed by atoms with E-state index >= 15 is 0 Å². The first kappa shape index (κ1) is 18.0. The number of rotatable bonds is 6. The van der Waals surface area contributed by atoms with Crippen LogP contribution in [0.4, 0.5) is 0 Å². The van der Waals surface area contributed by atoms with E-state index in [0.29, 0.717) is 13.1 Å². The first-order valence-corrected chi connectivity index (χ1v) is 8.90. The second kappa shape index (κ2) is 8.52. The van der Waals surface area contributed by atoms with E-state index in [0.717, 1.165) is 24.3 Å². The molecule has 0 saturated heterocycles. The predicted molar refractivity (Wildman–Crippen MR) is 99.6 cm³/mol. The van der Waals surface area contributed by atoms with Gasteiger partial charge in [0.1, 0.15) is 5.75 Å². The van der Waals surface area contributed by atoms with Gasteiger partial charge in [0.2, 0.25) is 11.8 Å².